The van der Waals surface area contributed by atoms with E-state index in [1.165, 1.54) is 6.08 Å². The number of hydrogen-bond acceptors (Lipinski definition) is 4. The van der Waals surface area contributed by atoms with Crippen LogP contribution in [0.2, 0.25) is 5.02 Å². The lowest BCUT2D eigenvalue weighted by atomic mass is 10.2. The first-order valence-corrected chi connectivity index (χ1v) is 7.60. The number of benzene rings is 1. The summed E-state index contributed by atoms with van der Waals surface area (Å²) in [5.74, 6) is 0.296. The zero-order valence-electron chi connectivity index (χ0n) is 12.9. The van der Waals surface area contributed by atoms with E-state index in [9.17, 15) is 4.79 Å². The third kappa shape index (κ3) is 4.24. The van der Waals surface area contributed by atoms with Gasteiger partial charge in [-0.3, -0.25) is 0 Å². The van der Waals surface area contributed by atoms with Crippen molar-refractivity contribution in [2.45, 2.75) is 26.4 Å². The largest absolute Gasteiger partial charge is 0.459 e. The van der Waals surface area contributed by atoms with E-state index in [4.69, 9.17) is 26.0 Å². The standard InChI is InChI=1S/C18H16ClNO3/c1-3-12(2)22-18(21)13(11-20)10-14-8-9-17(23-14)15-6-4-5-7-16(15)19/h4-10,12H,3H2,1-2H3/b13-10+/t12-/m1/s1. The molecule has 1 aromatic heterocycles. The van der Waals surface area contributed by atoms with Crippen LogP contribution in [-0.2, 0) is 9.53 Å². The molecule has 1 heterocycles. The summed E-state index contributed by atoms with van der Waals surface area (Å²) in [6.45, 7) is 3.67. The molecular weight excluding hydrogens is 314 g/mol. The fraction of sp³-hybridized carbons (Fsp3) is 0.222. The lowest BCUT2D eigenvalue weighted by Gasteiger charge is -2.09. The van der Waals surface area contributed by atoms with Gasteiger partial charge in [0.1, 0.15) is 23.2 Å². The summed E-state index contributed by atoms with van der Waals surface area (Å²) < 4.78 is 10.8. The summed E-state index contributed by atoms with van der Waals surface area (Å²) in [6.07, 6.45) is 1.81. The topological polar surface area (TPSA) is 63.2 Å². The van der Waals surface area contributed by atoms with Gasteiger partial charge in [-0.2, -0.15) is 5.26 Å². The number of hydrogen-bond donors (Lipinski definition) is 0. The highest BCUT2D eigenvalue weighted by Crippen LogP contribution is 2.29. The molecule has 0 saturated heterocycles. The third-order valence-electron chi connectivity index (χ3n) is 3.28. The summed E-state index contributed by atoms with van der Waals surface area (Å²) in [6, 6.07) is 12.5. The van der Waals surface area contributed by atoms with Gasteiger partial charge < -0.3 is 9.15 Å². The van der Waals surface area contributed by atoms with Crippen molar-refractivity contribution < 1.29 is 13.9 Å². The fourth-order valence-corrected chi connectivity index (χ4v) is 2.07. The van der Waals surface area contributed by atoms with Gasteiger partial charge in [-0.05, 0) is 37.6 Å². The van der Waals surface area contributed by atoms with E-state index in [2.05, 4.69) is 0 Å². The van der Waals surface area contributed by atoms with Gasteiger partial charge >= 0.3 is 5.97 Å². The highest BCUT2D eigenvalue weighted by atomic mass is 35.5. The molecule has 118 valence electrons. The van der Waals surface area contributed by atoms with Crippen LogP contribution in [0.5, 0.6) is 0 Å². The molecule has 0 bridgehead atoms. The number of rotatable bonds is 5. The SMILES string of the molecule is CC[C@@H](C)OC(=O)/C(C#N)=C/c1ccc(-c2ccccc2Cl)o1. The Morgan fingerprint density at radius 3 is 2.78 bits per heavy atom. The molecule has 0 aliphatic heterocycles. The predicted molar refractivity (Wildman–Crippen MR) is 88.6 cm³/mol. The molecule has 2 aromatic rings. The molecule has 4 nitrogen and oxygen atoms in total. The maximum atomic E-state index is 11.9. The minimum absolute atomic E-state index is 0.106. The zero-order valence-corrected chi connectivity index (χ0v) is 13.6. The van der Waals surface area contributed by atoms with E-state index in [1.807, 2.05) is 31.2 Å². The number of carbonyl (C=O) groups excluding carboxylic acids is 1. The summed E-state index contributed by atoms with van der Waals surface area (Å²) in [5, 5.41) is 9.69. The normalized spacial score (nSPS) is 12.5. The first kappa shape index (κ1) is 16.9. The number of nitriles is 1. The molecule has 0 spiro atoms. The molecule has 0 N–H and O–H groups in total. The van der Waals surface area contributed by atoms with Crippen molar-refractivity contribution in [3.8, 4) is 17.4 Å². The summed E-state index contributed by atoms with van der Waals surface area (Å²) in [4.78, 5) is 11.9. The fourth-order valence-electron chi connectivity index (χ4n) is 1.84. The van der Waals surface area contributed by atoms with Crippen LogP contribution < -0.4 is 0 Å². The number of halogens is 1. The van der Waals surface area contributed by atoms with Crippen molar-refractivity contribution in [3.63, 3.8) is 0 Å². The number of ether oxygens (including phenoxy) is 1. The van der Waals surface area contributed by atoms with Gasteiger partial charge in [-0.15, -0.1) is 0 Å². The van der Waals surface area contributed by atoms with E-state index in [1.54, 1.807) is 25.1 Å². The van der Waals surface area contributed by atoms with Gasteiger partial charge in [0.05, 0.1) is 11.1 Å². The van der Waals surface area contributed by atoms with Crippen LogP contribution in [0, 0.1) is 11.3 Å². The van der Waals surface area contributed by atoms with Crippen LogP contribution in [0.4, 0.5) is 0 Å². The molecule has 0 amide bonds. The third-order valence-corrected chi connectivity index (χ3v) is 3.61. The molecular formula is C18H16ClNO3. The lowest BCUT2D eigenvalue weighted by Crippen LogP contribution is -2.15. The minimum Gasteiger partial charge on any atom is -0.459 e. The average Bonchev–Trinajstić information content (AvgIpc) is 3.01. The van der Waals surface area contributed by atoms with E-state index in [0.29, 0.717) is 23.0 Å². The van der Waals surface area contributed by atoms with E-state index in [-0.39, 0.29) is 11.7 Å². The molecule has 0 fully saturated rings. The number of nitrogens with zero attached hydrogens (tertiary/aromatic N) is 1. The molecule has 0 aliphatic carbocycles. The quantitative estimate of drug-likeness (QED) is 0.447. The molecule has 2 rings (SSSR count). The Morgan fingerprint density at radius 2 is 2.13 bits per heavy atom. The number of furan rings is 1. The summed E-state index contributed by atoms with van der Waals surface area (Å²) >= 11 is 6.12. The van der Waals surface area contributed by atoms with Crippen LogP contribution in [0.3, 0.4) is 0 Å². The zero-order chi connectivity index (χ0) is 16.8. The Morgan fingerprint density at radius 1 is 1.39 bits per heavy atom. The molecule has 0 aliphatic rings. The molecule has 0 radical (unpaired) electrons. The van der Waals surface area contributed by atoms with Crippen LogP contribution in [0.25, 0.3) is 17.4 Å². The Balaban J connectivity index is 2.24. The summed E-state index contributed by atoms with van der Waals surface area (Å²) in [7, 11) is 0. The van der Waals surface area contributed by atoms with Crippen molar-refractivity contribution in [1.29, 1.82) is 5.26 Å². The first-order chi connectivity index (χ1) is 11.0. The van der Waals surface area contributed by atoms with E-state index in [0.717, 1.165) is 5.56 Å². The Hall–Kier alpha value is -2.51. The number of esters is 1. The van der Waals surface area contributed by atoms with Crippen molar-refractivity contribution in [3.05, 3.63) is 52.8 Å². The highest BCUT2D eigenvalue weighted by molar-refractivity contribution is 6.33. The maximum absolute atomic E-state index is 11.9. The van der Waals surface area contributed by atoms with Crippen LogP contribution in [0.15, 0.2) is 46.4 Å². The Bertz CT molecular complexity index is 771. The van der Waals surface area contributed by atoms with Gasteiger partial charge in [0.15, 0.2) is 0 Å². The minimum atomic E-state index is -0.655. The number of carbonyl (C=O) groups is 1. The molecule has 1 aromatic carbocycles. The second-order valence-corrected chi connectivity index (χ2v) is 5.38. The monoisotopic (exact) mass is 329 g/mol. The van der Waals surface area contributed by atoms with Crippen LogP contribution in [0.1, 0.15) is 26.0 Å². The Labute approximate surface area is 139 Å². The maximum Gasteiger partial charge on any atom is 0.349 e. The molecule has 0 unspecified atom stereocenters. The summed E-state index contributed by atoms with van der Waals surface area (Å²) in [5.41, 5.74) is 0.639. The second-order valence-electron chi connectivity index (χ2n) is 4.98. The van der Waals surface area contributed by atoms with Gasteiger partial charge in [0.2, 0.25) is 0 Å². The van der Waals surface area contributed by atoms with Crippen LogP contribution in [-0.4, -0.2) is 12.1 Å². The molecule has 1 atom stereocenters. The van der Waals surface area contributed by atoms with Crippen molar-refractivity contribution >= 4 is 23.6 Å². The van der Waals surface area contributed by atoms with Gasteiger partial charge in [-0.1, -0.05) is 30.7 Å². The Kier molecular flexibility index (Phi) is 5.61. The van der Waals surface area contributed by atoms with Crippen molar-refractivity contribution in [1.82, 2.24) is 0 Å². The van der Waals surface area contributed by atoms with Gasteiger partial charge in [0, 0.05) is 11.6 Å². The predicted octanol–water partition coefficient (Wildman–Crippen LogP) is 4.85. The smallest absolute Gasteiger partial charge is 0.349 e. The average molecular weight is 330 g/mol. The molecule has 5 heteroatoms. The van der Waals surface area contributed by atoms with E-state index >= 15 is 0 Å². The van der Waals surface area contributed by atoms with Crippen molar-refractivity contribution in [2.75, 3.05) is 0 Å². The lowest BCUT2D eigenvalue weighted by molar-refractivity contribution is -0.142. The van der Waals surface area contributed by atoms with E-state index < -0.39 is 5.97 Å². The molecule has 23 heavy (non-hydrogen) atoms. The second kappa shape index (κ2) is 7.66. The molecule has 0 saturated carbocycles. The van der Waals surface area contributed by atoms with Gasteiger partial charge in [0.25, 0.3) is 0 Å². The first-order valence-electron chi connectivity index (χ1n) is 7.22. The van der Waals surface area contributed by atoms with Crippen molar-refractivity contribution in [2.24, 2.45) is 0 Å². The highest BCUT2D eigenvalue weighted by Gasteiger charge is 2.15. The van der Waals surface area contributed by atoms with Crippen LogP contribution >= 0.6 is 11.6 Å². The van der Waals surface area contributed by atoms with Gasteiger partial charge in [-0.25, -0.2) is 4.79 Å².